The average Bonchev–Trinajstić information content (AvgIpc) is 3.29. The first kappa shape index (κ1) is 28.2. The van der Waals surface area contributed by atoms with Crippen LogP contribution in [0, 0.1) is 25.7 Å². The minimum absolute atomic E-state index is 0.126. The number of fused-ring (bicyclic) bond motifs is 2. The number of anilines is 2. The number of ether oxygens (including phenoxy) is 2. The van der Waals surface area contributed by atoms with Gasteiger partial charge in [0.05, 0.1) is 24.5 Å². The zero-order chi connectivity index (χ0) is 29.6. The Morgan fingerprint density at radius 3 is 2.48 bits per heavy atom. The Morgan fingerprint density at radius 1 is 0.976 bits per heavy atom. The van der Waals surface area contributed by atoms with Crippen LogP contribution in [-0.2, 0) is 19.1 Å². The maximum absolute atomic E-state index is 14.5. The van der Waals surface area contributed by atoms with Gasteiger partial charge in [-0.25, -0.2) is 0 Å². The highest BCUT2D eigenvalue weighted by Crippen LogP contribution is 2.54. The molecular formula is C33H37N3O6. The monoisotopic (exact) mass is 571 g/mol. The number of nitrogens with zero attached hydrogens (tertiary/aromatic N) is 3. The fourth-order valence-corrected chi connectivity index (χ4v) is 6.97. The molecule has 0 saturated carbocycles. The molecular weight excluding hydrogens is 534 g/mol. The molecule has 2 saturated heterocycles. The summed E-state index contributed by atoms with van der Waals surface area (Å²) in [6, 6.07) is 12.3. The van der Waals surface area contributed by atoms with Gasteiger partial charge in [0.25, 0.3) is 5.91 Å². The van der Waals surface area contributed by atoms with Crippen molar-refractivity contribution in [3.63, 3.8) is 0 Å². The maximum atomic E-state index is 14.5. The van der Waals surface area contributed by atoms with Gasteiger partial charge in [0, 0.05) is 37.6 Å². The number of carbonyl (C=O) groups excluding carboxylic acids is 3. The Hall–Kier alpha value is -3.95. The number of carbonyl (C=O) groups is 3. The number of benzene rings is 2. The van der Waals surface area contributed by atoms with E-state index < -0.39 is 29.6 Å². The van der Waals surface area contributed by atoms with Gasteiger partial charge in [0.15, 0.2) is 0 Å². The van der Waals surface area contributed by atoms with Crippen LogP contribution in [0.4, 0.5) is 11.4 Å². The molecule has 5 atom stereocenters. The topological polar surface area (TPSA) is 99.6 Å². The summed E-state index contributed by atoms with van der Waals surface area (Å²) in [5.41, 5.74) is 2.14. The summed E-state index contributed by atoms with van der Waals surface area (Å²) in [6.07, 6.45) is 7.14. The minimum Gasteiger partial charge on any atom is -0.494 e. The van der Waals surface area contributed by atoms with Gasteiger partial charge in [0.2, 0.25) is 11.8 Å². The number of amides is 3. The largest absolute Gasteiger partial charge is 0.494 e. The van der Waals surface area contributed by atoms with Crippen LogP contribution in [0.3, 0.4) is 0 Å². The second kappa shape index (κ2) is 11.0. The van der Waals surface area contributed by atoms with E-state index in [2.05, 4.69) is 0 Å². The quantitative estimate of drug-likeness (QED) is 0.513. The molecule has 9 nitrogen and oxygen atoms in total. The van der Waals surface area contributed by atoms with Crippen molar-refractivity contribution in [2.45, 2.75) is 44.9 Å². The summed E-state index contributed by atoms with van der Waals surface area (Å²) >= 11 is 0. The van der Waals surface area contributed by atoms with Gasteiger partial charge in [-0.05, 0) is 68.7 Å². The zero-order valence-corrected chi connectivity index (χ0v) is 24.2. The molecule has 4 aliphatic rings. The lowest BCUT2D eigenvalue weighted by Crippen LogP contribution is -2.55. The molecule has 2 fully saturated rings. The van der Waals surface area contributed by atoms with E-state index in [1.54, 1.807) is 9.80 Å². The van der Waals surface area contributed by atoms with Crippen LogP contribution >= 0.6 is 0 Å². The number of hydrogen-bond donors (Lipinski definition) is 1. The highest BCUT2D eigenvalue weighted by molar-refractivity contribution is 6.07. The molecule has 2 aromatic carbocycles. The normalized spacial score (nSPS) is 28.5. The van der Waals surface area contributed by atoms with Gasteiger partial charge in [-0.2, -0.15) is 0 Å². The summed E-state index contributed by atoms with van der Waals surface area (Å²) in [4.78, 5) is 48.0. The first-order valence-corrected chi connectivity index (χ1v) is 14.7. The summed E-state index contributed by atoms with van der Waals surface area (Å²) in [5, 5.41) is 9.65. The molecule has 4 aliphatic heterocycles. The average molecular weight is 572 g/mol. The first-order valence-electron chi connectivity index (χ1n) is 14.7. The van der Waals surface area contributed by atoms with Crippen molar-refractivity contribution in [3.05, 3.63) is 77.9 Å². The smallest absolute Gasteiger partial charge is 0.253 e. The van der Waals surface area contributed by atoms with Crippen molar-refractivity contribution in [3.8, 4) is 5.75 Å². The Kier molecular flexibility index (Phi) is 7.41. The summed E-state index contributed by atoms with van der Waals surface area (Å²) in [5.74, 6) is -1.75. The van der Waals surface area contributed by atoms with Crippen LogP contribution in [0.2, 0.25) is 0 Å². The minimum atomic E-state index is -1.31. The van der Waals surface area contributed by atoms with E-state index in [0.29, 0.717) is 37.6 Å². The van der Waals surface area contributed by atoms with Crippen LogP contribution in [0.15, 0.2) is 66.8 Å². The number of aryl methyl sites for hydroxylation is 2. The molecule has 2 aromatic rings. The number of aliphatic hydroxyl groups excluding tert-OH is 1. The van der Waals surface area contributed by atoms with E-state index in [-0.39, 0.29) is 30.9 Å². The molecule has 6 rings (SSSR count). The third-order valence-corrected chi connectivity index (χ3v) is 8.83. The molecule has 0 bridgehead atoms. The molecule has 1 unspecified atom stereocenters. The van der Waals surface area contributed by atoms with Crippen molar-refractivity contribution in [1.29, 1.82) is 0 Å². The maximum Gasteiger partial charge on any atom is 0.253 e. The Labute approximate surface area is 246 Å². The van der Waals surface area contributed by atoms with Crippen LogP contribution in [0.1, 0.15) is 24.5 Å². The second-order valence-corrected chi connectivity index (χ2v) is 11.4. The fraction of sp³-hybridized carbons (Fsp3) is 0.424. The van der Waals surface area contributed by atoms with Gasteiger partial charge in [0.1, 0.15) is 17.4 Å². The van der Waals surface area contributed by atoms with Crippen molar-refractivity contribution in [2.75, 3.05) is 42.6 Å². The molecule has 1 spiro atoms. The van der Waals surface area contributed by atoms with Crippen LogP contribution in [0.5, 0.6) is 5.75 Å². The molecule has 0 aromatic heterocycles. The predicted molar refractivity (Wildman–Crippen MR) is 158 cm³/mol. The Balaban J connectivity index is 1.40. The van der Waals surface area contributed by atoms with E-state index >= 15 is 0 Å². The predicted octanol–water partition coefficient (Wildman–Crippen LogP) is 3.17. The van der Waals surface area contributed by atoms with Crippen molar-refractivity contribution in [2.24, 2.45) is 11.8 Å². The summed E-state index contributed by atoms with van der Waals surface area (Å²) < 4.78 is 12.3. The van der Waals surface area contributed by atoms with Crippen molar-refractivity contribution >= 4 is 29.1 Å². The van der Waals surface area contributed by atoms with E-state index in [1.165, 1.54) is 4.90 Å². The van der Waals surface area contributed by atoms with E-state index in [1.807, 2.05) is 87.5 Å². The number of rotatable bonds is 7. The van der Waals surface area contributed by atoms with E-state index in [0.717, 1.165) is 16.8 Å². The van der Waals surface area contributed by atoms with E-state index in [4.69, 9.17) is 9.47 Å². The van der Waals surface area contributed by atoms with Crippen LogP contribution in [-0.4, -0.2) is 78.3 Å². The zero-order valence-electron chi connectivity index (χ0n) is 24.2. The lowest BCUT2D eigenvalue weighted by molar-refractivity contribution is -0.140. The van der Waals surface area contributed by atoms with Gasteiger partial charge < -0.3 is 29.3 Å². The Morgan fingerprint density at radius 2 is 1.74 bits per heavy atom. The van der Waals surface area contributed by atoms with Crippen molar-refractivity contribution < 1.29 is 29.0 Å². The third-order valence-electron chi connectivity index (χ3n) is 8.83. The lowest BCUT2D eigenvalue weighted by Gasteiger charge is -2.35. The molecule has 9 heteroatoms. The third kappa shape index (κ3) is 4.42. The van der Waals surface area contributed by atoms with Gasteiger partial charge in [-0.1, -0.05) is 36.4 Å². The number of hydrogen-bond acceptors (Lipinski definition) is 6. The summed E-state index contributed by atoms with van der Waals surface area (Å²) in [6.45, 7) is 7.11. The molecule has 1 N–H and O–H groups in total. The van der Waals surface area contributed by atoms with Gasteiger partial charge in [-0.3, -0.25) is 14.4 Å². The lowest BCUT2D eigenvalue weighted by atomic mass is 9.77. The fourth-order valence-electron chi connectivity index (χ4n) is 6.97. The second-order valence-electron chi connectivity index (χ2n) is 11.4. The number of aliphatic hydroxyl groups is 1. The summed E-state index contributed by atoms with van der Waals surface area (Å²) in [7, 11) is 0. The molecule has 0 radical (unpaired) electrons. The Bertz CT molecular complexity index is 1450. The highest BCUT2D eigenvalue weighted by atomic mass is 16.5. The van der Waals surface area contributed by atoms with Crippen LogP contribution < -0.4 is 14.5 Å². The molecule has 220 valence electrons. The molecule has 4 heterocycles. The highest BCUT2D eigenvalue weighted by Gasteiger charge is 2.71. The van der Waals surface area contributed by atoms with Crippen LogP contribution in [0.25, 0.3) is 0 Å². The number of likely N-dealkylation sites (tertiary alicyclic amines) is 1. The molecule has 0 aliphatic carbocycles. The molecule has 3 amide bonds. The van der Waals surface area contributed by atoms with Gasteiger partial charge in [-0.15, -0.1) is 0 Å². The standard InChI is InChI=1S/C33H37N3O6/c1-4-41-24-13-11-23(12-14-24)34-16-5-8-26-27(30(34)38)28-31(39)36(18-7-19-37)29-32(40)35(17-6-15-33(28,29)42-26)25-20-21(2)9-10-22(25)3/h5-6,8-15,20,26-29,37H,4,7,16-19H2,1-3H3/t26-,27+,28-,29?,33-/m0/s1. The van der Waals surface area contributed by atoms with E-state index in [9.17, 15) is 19.5 Å². The first-order chi connectivity index (χ1) is 20.3. The SMILES string of the molecule is CCOc1ccc(N2CC=C[C@@H]3O[C@]45C=CCN(c6cc(C)ccc6C)C(=O)C4N(CCCO)C(=O)[C@@H]5[C@@H]3C2=O)cc1. The van der Waals surface area contributed by atoms with Crippen molar-refractivity contribution in [1.82, 2.24) is 4.90 Å². The van der Waals surface area contributed by atoms with Gasteiger partial charge >= 0.3 is 0 Å². The molecule has 42 heavy (non-hydrogen) atoms.